The number of nitro groups is 1. The third-order valence-corrected chi connectivity index (χ3v) is 3.97. The van der Waals surface area contributed by atoms with Crippen LogP contribution < -0.4 is 5.32 Å². The number of hydrogen-bond donors (Lipinski definition) is 1. The van der Waals surface area contributed by atoms with E-state index in [1.54, 1.807) is 0 Å². The molecule has 21 heavy (non-hydrogen) atoms. The van der Waals surface area contributed by atoms with Crippen molar-refractivity contribution in [3.05, 3.63) is 28.0 Å². The molecular weight excluding hydrogens is 274 g/mol. The van der Waals surface area contributed by atoms with Gasteiger partial charge in [-0.15, -0.1) is 0 Å². The van der Waals surface area contributed by atoms with Gasteiger partial charge in [-0.3, -0.25) is 19.8 Å². The summed E-state index contributed by atoms with van der Waals surface area (Å²) in [6.45, 7) is 5.82. The maximum atomic E-state index is 11.9. The largest absolute Gasteiger partial charge is 0.433 e. The number of likely N-dealkylation sites (tertiary alicyclic amines) is 1. The lowest BCUT2D eigenvalue weighted by Crippen LogP contribution is -2.48. The highest BCUT2D eigenvalue weighted by atomic mass is 16.6. The van der Waals surface area contributed by atoms with Crippen molar-refractivity contribution in [2.24, 2.45) is 0 Å². The number of hydrogen-bond acceptors (Lipinski definition) is 5. The minimum atomic E-state index is -0.658. The highest BCUT2D eigenvalue weighted by molar-refractivity contribution is 5.91. The minimum Gasteiger partial charge on any atom is -0.395 e. The van der Waals surface area contributed by atoms with E-state index < -0.39 is 16.7 Å². The lowest BCUT2D eigenvalue weighted by atomic mass is 10.0. The molecule has 7 heteroatoms. The third-order valence-electron chi connectivity index (χ3n) is 3.97. The summed E-state index contributed by atoms with van der Waals surface area (Å²) in [6.07, 6.45) is 3.63. The maximum absolute atomic E-state index is 11.9. The molecule has 1 N–H and O–H groups in total. The van der Waals surface area contributed by atoms with Crippen molar-refractivity contribution in [2.45, 2.75) is 45.2 Å². The van der Waals surface area contributed by atoms with Gasteiger partial charge in [0.2, 0.25) is 0 Å². The Morgan fingerprint density at radius 3 is 2.95 bits per heavy atom. The van der Waals surface area contributed by atoms with Gasteiger partial charge in [0.05, 0.1) is 6.07 Å². The molecule has 0 aromatic carbocycles. The normalized spacial score (nSPS) is 21.0. The van der Waals surface area contributed by atoms with Crippen LogP contribution in [0.4, 0.5) is 5.88 Å². The fourth-order valence-corrected chi connectivity index (χ4v) is 2.77. The summed E-state index contributed by atoms with van der Waals surface area (Å²) < 4.78 is 4.88. The molecule has 0 radical (unpaired) electrons. The van der Waals surface area contributed by atoms with Crippen molar-refractivity contribution in [1.82, 2.24) is 10.2 Å². The maximum Gasteiger partial charge on any atom is 0.433 e. The van der Waals surface area contributed by atoms with Gasteiger partial charge in [0, 0.05) is 18.6 Å². The van der Waals surface area contributed by atoms with Crippen LogP contribution in [-0.4, -0.2) is 40.9 Å². The Morgan fingerprint density at radius 2 is 2.33 bits per heavy atom. The molecule has 1 saturated heterocycles. The molecule has 1 aliphatic rings. The van der Waals surface area contributed by atoms with Gasteiger partial charge in [-0.2, -0.15) is 0 Å². The lowest BCUT2D eigenvalue weighted by molar-refractivity contribution is -0.402. The second-order valence-electron chi connectivity index (χ2n) is 5.54. The number of rotatable bonds is 5. The van der Waals surface area contributed by atoms with E-state index in [-0.39, 0.29) is 11.8 Å². The SMILES string of the molecule is C[C@H](CNC(=O)c1ccc([N+](=O)[O-])o1)N1CCCC[C@@H]1C. The predicted molar refractivity (Wildman–Crippen MR) is 77.2 cm³/mol. The Morgan fingerprint density at radius 1 is 1.57 bits per heavy atom. The van der Waals surface area contributed by atoms with E-state index >= 15 is 0 Å². The van der Waals surface area contributed by atoms with E-state index in [2.05, 4.69) is 24.1 Å². The van der Waals surface area contributed by atoms with Gasteiger partial charge in [0.25, 0.3) is 5.91 Å². The Bertz CT molecular complexity index is 514. The van der Waals surface area contributed by atoms with Gasteiger partial charge >= 0.3 is 5.88 Å². The molecule has 2 rings (SSSR count). The Kier molecular flexibility index (Phi) is 4.95. The van der Waals surface area contributed by atoms with E-state index in [0.29, 0.717) is 12.6 Å². The molecule has 2 heterocycles. The number of nitrogens with one attached hydrogen (secondary N) is 1. The standard InChI is InChI=1S/C14H21N3O4/c1-10-5-3-4-8-16(10)11(2)9-15-14(18)12-6-7-13(21-12)17(19)20/h6-7,10-11H,3-5,8-9H2,1-2H3,(H,15,18)/t10-,11+/m0/s1. The number of furan rings is 1. The van der Waals surface area contributed by atoms with Crippen LogP contribution >= 0.6 is 0 Å². The van der Waals surface area contributed by atoms with E-state index in [1.807, 2.05) is 0 Å². The smallest absolute Gasteiger partial charge is 0.395 e. The summed E-state index contributed by atoms with van der Waals surface area (Å²) in [7, 11) is 0. The molecule has 7 nitrogen and oxygen atoms in total. The average Bonchev–Trinajstić information content (AvgIpc) is 2.95. The van der Waals surface area contributed by atoms with Crippen molar-refractivity contribution >= 4 is 11.8 Å². The molecule has 1 aromatic heterocycles. The summed E-state index contributed by atoms with van der Waals surface area (Å²) in [4.78, 5) is 24.1. The summed E-state index contributed by atoms with van der Waals surface area (Å²) in [5.74, 6) is -0.863. The molecule has 1 fully saturated rings. The van der Waals surface area contributed by atoms with Gasteiger partial charge in [0.1, 0.15) is 4.92 Å². The molecule has 0 aliphatic carbocycles. The minimum absolute atomic E-state index is 0.0272. The van der Waals surface area contributed by atoms with Crippen LogP contribution in [0.2, 0.25) is 0 Å². The Hall–Kier alpha value is -1.89. The van der Waals surface area contributed by atoms with Crippen molar-refractivity contribution < 1.29 is 14.1 Å². The van der Waals surface area contributed by atoms with Crippen LogP contribution in [0.15, 0.2) is 16.5 Å². The zero-order valence-corrected chi connectivity index (χ0v) is 12.4. The first-order valence-corrected chi connectivity index (χ1v) is 7.27. The van der Waals surface area contributed by atoms with Gasteiger partial charge in [-0.05, 0) is 39.3 Å². The fourth-order valence-electron chi connectivity index (χ4n) is 2.77. The molecule has 0 bridgehead atoms. The zero-order valence-electron chi connectivity index (χ0n) is 12.4. The van der Waals surface area contributed by atoms with E-state index in [9.17, 15) is 14.9 Å². The molecule has 1 amide bonds. The highest BCUT2D eigenvalue weighted by Crippen LogP contribution is 2.19. The van der Waals surface area contributed by atoms with Gasteiger partial charge in [-0.25, -0.2) is 0 Å². The highest BCUT2D eigenvalue weighted by Gasteiger charge is 2.24. The summed E-state index contributed by atoms with van der Waals surface area (Å²) in [5.41, 5.74) is 0. The van der Waals surface area contributed by atoms with Crippen LogP contribution in [-0.2, 0) is 0 Å². The number of piperidine rings is 1. The van der Waals surface area contributed by atoms with Crippen molar-refractivity contribution in [3.8, 4) is 0 Å². The quantitative estimate of drug-likeness (QED) is 0.664. The lowest BCUT2D eigenvalue weighted by Gasteiger charge is -2.38. The van der Waals surface area contributed by atoms with Crippen molar-refractivity contribution in [3.63, 3.8) is 0 Å². The average molecular weight is 295 g/mol. The summed E-state index contributed by atoms with van der Waals surface area (Å²) in [6, 6.07) is 3.26. The van der Waals surface area contributed by atoms with Gasteiger partial charge < -0.3 is 9.73 Å². The Balaban J connectivity index is 1.86. The second kappa shape index (κ2) is 6.71. The van der Waals surface area contributed by atoms with Crippen LogP contribution in [0.25, 0.3) is 0 Å². The molecular formula is C14H21N3O4. The van der Waals surface area contributed by atoms with Crippen molar-refractivity contribution in [2.75, 3.05) is 13.1 Å². The van der Waals surface area contributed by atoms with Gasteiger partial charge in [0.15, 0.2) is 5.76 Å². The summed E-state index contributed by atoms with van der Waals surface area (Å²) in [5, 5.41) is 13.3. The molecule has 116 valence electrons. The number of carbonyl (C=O) groups is 1. The first-order chi connectivity index (χ1) is 9.99. The topological polar surface area (TPSA) is 88.6 Å². The first-order valence-electron chi connectivity index (χ1n) is 7.27. The fraction of sp³-hybridized carbons (Fsp3) is 0.643. The van der Waals surface area contributed by atoms with Crippen LogP contribution in [0.5, 0.6) is 0 Å². The number of carbonyl (C=O) groups excluding carboxylic acids is 1. The third kappa shape index (κ3) is 3.81. The molecule has 0 unspecified atom stereocenters. The van der Waals surface area contributed by atoms with Gasteiger partial charge in [-0.1, -0.05) is 6.42 Å². The summed E-state index contributed by atoms with van der Waals surface area (Å²) >= 11 is 0. The van der Waals surface area contributed by atoms with E-state index in [1.165, 1.54) is 31.4 Å². The number of amides is 1. The van der Waals surface area contributed by atoms with Crippen LogP contribution in [0, 0.1) is 10.1 Å². The second-order valence-corrected chi connectivity index (χ2v) is 5.54. The molecule has 1 aliphatic heterocycles. The van der Waals surface area contributed by atoms with E-state index in [4.69, 9.17) is 4.42 Å². The molecule has 0 saturated carbocycles. The van der Waals surface area contributed by atoms with Crippen LogP contribution in [0.3, 0.4) is 0 Å². The van der Waals surface area contributed by atoms with Crippen molar-refractivity contribution in [1.29, 1.82) is 0 Å². The molecule has 1 aromatic rings. The van der Waals surface area contributed by atoms with Crippen LogP contribution in [0.1, 0.15) is 43.7 Å². The molecule has 0 spiro atoms. The van der Waals surface area contributed by atoms with E-state index in [0.717, 1.165) is 6.54 Å². The number of nitrogens with zero attached hydrogens (tertiary/aromatic N) is 2. The first kappa shape index (κ1) is 15.5. The Labute approximate surface area is 123 Å². The monoisotopic (exact) mass is 295 g/mol. The molecule has 2 atom stereocenters. The zero-order chi connectivity index (χ0) is 15.4. The predicted octanol–water partition coefficient (Wildman–Crippen LogP) is 2.18.